The maximum atomic E-state index is 11.8. The van der Waals surface area contributed by atoms with Crippen molar-refractivity contribution in [1.29, 1.82) is 0 Å². The van der Waals surface area contributed by atoms with Crippen molar-refractivity contribution in [2.24, 2.45) is 5.92 Å². The number of aryl methyl sites for hydroxylation is 1. The molecular formula is C13H19N3O. The fourth-order valence-corrected chi connectivity index (χ4v) is 2.09. The number of amides is 1. The molecule has 0 aliphatic heterocycles. The SMILES string of the molecule is CCCn1cc(NC(=O)C[C@@H]2C=CCC2)cn1. The monoisotopic (exact) mass is 233 g/mol. The Morgan fingerprint density at radius 2 is 2.53 bits per heavy atom. The van der Waals surface area contributed by atoms with Gasteiger partial charge in [-0.3, -0.25) is 9.48 Å². The lowest BCUT2D eigenvalue weighted by molar-refractivity contribution is -0.116. The predicted octanol–water partition coefficient (Wildman–Crippen LogP) is 2.59. The third kappa shape index (κ3) is 3.44. The Labute approximate surface area is 102 Å². The van der Waals surface area contributed by atoms with E-state index in [0.717, 1.165) is 31.5 Å². The number of nitrogens with one attached hydrogen (secondary N) is 1. The van der Waals surface area contributed by atoms with Gasteiger partial charge in [0.1, 0.15) is 0 Å². The highest BCUT2D eigenvalue weighted by Gasteiger charge is 2.14. The molecule has 0 fully saturated rings. The molecule has 0 saturated heterocycles. The summed E-state index contributed by atoms with van der Waals surface area (Å²) in [6, 6.07) is 0. The summed E-state index contributed by atoms with van der Waals surface area (Å²) in [5.74, 6) is 0.498. The second kappa shape index (κ2) is 5.66. The smallest absolute Gasteiger partial charge is 0.225 e. The van der Waals surface area contributed by atoms with Crippen molar-refractivity contribution in [2.45, 2.75) is 39.2 Å². The summed E-state index contributed by atoms with van der Waals surface area (Å²) in [4.78, 5) is 11.8. The molecule has 0 unspecified atom stereocenters. The first-order chi connectivity index (χ1) is 8.28. The molecule has 1 N–H and O–H groups in total. The van der Waals surface area contributed by atoms with Crippen LogP contribution in [0.1, 0.15) is 32.6 Å². The van der Waals surface area contributed by atoms with Crippen LogP contribution < -0.4 is 5.32 Å². The Hall–Kier alpha value is -1.58. The maximum absolute atomic E-state index is 11.8. The first kappa shape index (κ1) is 11.9. The summed E-state index contributed by atoms with van der Waals surface area (Å²) in [7, 11) is 0. The molecule has 1 amide bonds. The summed E-state index contributed by atoms with van der Waals surface area (Å²) in [6.07, 6.45) is 11.7. The molecule has 4 heteroatoms. The van der Waals surface area contributed by atoms with Crippen LogP contribution in [0.2, 0.25) is 0 Å². The van der Waals surface area contributed by atoms with Gasteiger partial charge in [0.25, 0.3) is 0 Å². The fraction of sp³-hybridized carbons (Fsp3) is 0.538. The molecule has 92 valence electrons. The van der Waals surface area contributed by atoms with Crippen molar-refractivity contribution < 1.29 is 4.79 Å². The van der Waals surface area contributed by atoms with Crippen LogP contribution in [-0.4, -0.2) is 15.7 Å². The highest BCUT2D eigenvalue weighted by molar-refractivity contribution is 5.90. The Bertz CT molecular complexity index is 409. The van der Waals surface area contributed by atoms with Crippen LogP contribution in [0.5, 0.6) is 0 Å². The van der Waals surface area contributed by atoms with Crippen molar-refractivity contribution in [3.05, 3.63) is 24.5 Å². The van der Waals surface area contributed by atoms with Gasteiger partial charge >= 0.3 is 0 Å². The zero-order valence-electron chi connectivity index (χ0n) is 10.2. The molecule has 4 nitrogen and oxygen atoms in total. The summed E-state index contributed by atoms with van der Waals surface area (Å²) in [6.45, 7) is 2.99. The third-order valence-electron chi connectivity index (χ3n) is 2.93. The number of carbonyl (C=O) groups is 1. The lowest BCUT2D eigenvalue weighted by atomic mass is 10.1. The quantitative estimate of drug-likeness (QED) is 0.794. The van der Waals surface area contributed by atoms with E-state index in [2.05, 4.69) is 29.5 Å². The topological polar surface area (TPSA) is 46.9 Å². The van der Waals surface area contributed by atoms with Gasteiger partial charge in [-0.15, -0.1) is 0 Å². The minimum absolute atomic E-state index is 0.0811. The largest absolute Gasteiger partial charge is 0.323 e. The lowest BCUT2D eigenvalue weighted by Crippen LogP contribution is -2.14. The van der Waals surface area contributed by atoms with Gasteiger partial charge < -0.3 is 5.32 Å². The van der Waals surface area contributed by atoms with E-state index in [-0.39, 0.29) is 5.91 Å². The van der Waals surface area contributed by atoms with Crippen molar-refractivity contribution in [3.63, 3.8) is 0 Å². The minimum Gasteiger partial charge on any atom is -0.323 e. The van der Waals surface area contributed by atoms with Crippen LogP contribution in [0.4, 0.5) is 5.69 Å². The van der Waals surface area contributed by atoms with Gasteiger partial charge in [0, 0.05) is 19.2 Å². The molecule has 0 spiro atoms. The molecule has 0 aromatic carbocycles. The summed E-state index contributed by atoms with van der Waals surface area (Å²) in [5.41, 5.74) is 0.797. The van der Waals surface area contributed by atoms with E-state index in [1.165, 1.54) is 0 Å². The van der Waals surface area contributed by atoms with Crippen LogP contribution in [0.3, 0.4) is 0 Å². The van der Waals surface area contributed by atoms with Gasteiger partial charge in [-0.2, -0.15) is 5.10 Å². The molecular weight excluding hydrogens is 214 g/mol. The minimum atomic E-state index is 0.0811. The molecule has 1 aromatic rings. The van der Waals surface area contributed by atoms with Gasteiger partial charge in [0.05, 0.1) is 11.9 Å². The second-order valence-corrected chi connectivity index (χ2v) is 4.51. The van der Waals surface area contributed by atoms with Crippen molar-refractivity contribution in [2.75, 3.05) is 5.32 Å². The highest BCUT2D eigenvalue weighted by atomic mass is 16.1. The van der Waals surface area contributed by atoms with Gasteiger partial charge in [0.2, 0.25) is 5.91 Å². The van der Waals surface area contributed by atoms with Crippen molar-refractivity contribution in [1.82, 2.24) is 9.78 Å². The van der Waals surface area contributed by atoms with E-state index in [4.69, 9.17) is 0 Å². The third-order valence-corrected chi connectivity index (χ3v) is 2.93. The number of hydrogen-bond donors (Lipinski definition) is 1. The molecule has 2 rings (SSSR count). The Morgan fingerprint density at radius 1 is 1.65 bits per heavy atom. The first-order valence-electron chi connectivity index (χ1n) is 6.27. The zero-order valence-corrected chi connectivity index (χ0v) is 10.2. The Morgan fingerprint density at radius 3 is 3.24 bits per heavy atom. The molecule has 1 aliphatic rings. The first-order valence-corrected chi connectivity index (χ1v) is 6.27. The van der Waals surface area contributed by atoms with E-state index in [0.29, 0.717) is 12.3 Å². The van der Waals surface area contributed by atoms with Crippen LogP contribution in [-0.2, 0) is 11.3 Å². The van der Waals surface area contributed by atoms with Gasteiger partial charge in [-0.05, 0) is 25.2 Å². The molecule has 17 heavy (non-hydrogen) atoms. The van der Waals surface area contributed by atoms with Crippen LogP contribution in [0, 0.1) is 5.92 Å². The van der Waals surface area contributed by atoms with Crippen LogP contribution >= 0.6 is 0 Å². The van der Waals surface area contributed by atoms with E-state index in [1.54, 1.807) is 6.20 Å². The Balaban J connectivity index is 1.82. The number of rotatable bonds is 5. The average Bonchev–Trinajstić information content (AvgIpc) is 2.91. The normalized spacial score (nSPS) is 18.5. The standard InChI is InChI=1S/C13H19N3O/c1-2-7-16-10-12(9-14-16)15-13(17)8-11-5-3-4-6-11/h3,5,9-11H,2,4,6-8H2,1H3,(H,15,17)/t11-/m1/s1. The molecule has 1 aliphatic carbocycles. The molecule has 0 saturated carbocycles. The fourth-order valence-electron chi connectivity index (χ4n) is 2.09. The molecule has 0 radical (unpaired) electrons. The van der Waals surface area contributed by atoms with Crippen molar-refractivity contribution in [3.8, 4) is 0 Å². The number of carbonyl (C=O) groups excluding carboxylic acids is 1. The van der Waals surface area contributed by atoms with Crippen molar-refractivity contribution >= 4 is 11.6 Å². The molecule has 1 atom stereocenters. The number of nitrogens with zero attached hydrogens (tertiary/aromatic N) is 2. The molecule has 0 bridgehead atoms. The zero-order chi connectivity index (χ0) is 12.1. The number of aromatic nitrogens is 2. The summed E-state index contributed by atoms with van der Waals surface area (Å²) < 4.78 is 1.85. The average molecular weight is 233 g/mol. The highest BCUT2D eigenvalue weighted by Crippen LogP contribution is 2.20. The lowest BCUT2D eigenvalue weighted by Gasteiger charge is -2.06. The Kier molecular flexibility index (Phi) is 3.96. The van der Waals surface area contributed by atoms with E-state index < -0.39 is 0 Å². The van der Waals surface area contributed by atoms with E-state index >= 15 is 0 Å². The number of allylic oxidation sites excluding steroid dienone is 2. The summed E-state index contributed by atoms with van der Waals surface area (Å²) in [5, 5.41) is 7.07. The molecule has 1 aromatic heterocycles. The van der Waals surface area contributed by atoms with E-state index in [1.807, 2.05) is 10.9 Å². The number of anilines is 1. The van der Waals surface area contributed by atoms with Gasteiger partial charge in [-0.1, -0.05) is 19.1 Å². The van der Waals surface area contributed by atoms with E-state index in [9.17, 15) is 4.79 Å². The number of hydrogen-bond acceptors (Lipinski definition) is 2. The van der Waals surface area contributed by atoms with Gasteiger partial charge in [-0.25, -0.2) is 0 Å². The maximum Gasteiger partial charge on any atom is 0.225 e. The second-order valence-electron chi connectivity index (χ2n) is 4.51. The predicted molar refractivity (Wildman–Crippen MR) is 67.6 cm³/mol. The molecule has 1 heterocycles. The van der Waals surface area contributed by atoms with Gasteiger partial charge in [0.15, 0.2) is 0 Å². The van der Waals surface area contributed by atoms with Crippen LogP contribution in [0.25, 0.3) is 0 Å². The summed E-state index contributed by atoms with van der Waals surface area (Å²) >= 11 is 0. The van der Waals surface area contributed by atoms with Crippen LogP contribution in [0.15, 0.2) is 24.5 Å².